The van der Waals surface area contributed by atoms with Crippen molar-refractivity contribution >= 4 is 23.1 Å². The molecule has 0 aliphatic carbocycles. The Hall–Kier alpha value is 0.436. The molecule has 1 saturated heterocycles. The van der Waals surface area contributed by atoms with Crippen molar-refractivity contribution in [3.8, 4) is 12.0 Å². The van der Waals surface area contributed by atoms with Crippen LogP contribution >= 0.6 is 0 Å². The van der Waals surface area contributed by atoms with E-state index in [-0.39, 0.29) is 46.3 Å². The van der Waals surface area contributed by atoms with Gasteiger partial charge in [0.1, 0.15) is 0 Å². The van der Waals surface area contributed by atoms with E-state index < -0.39 is 0 Å². The zero-order chi connectivity index (χ0) is 7.23. The normalized spacial score (nSPS) is 20.5. The van der Waals surface area contributed by atoms with Gasteiger partial charge in [-0.05, 0) is 12.8 Å². The zero-order valence-electron chi connectivity index (χ0n) is 7.01. The summed E-state index contributed by atoms with van der Waals surface area (Å²) in [7, 11) is 0. The molecule has 0 bridgehead atoms. The van der Waals surface area contributed by atoms with Crippen LogP contribution in [0.5, 0.6) is 0 Å². The second-order valence-electron chi connectivity index (χ2n) is 2.19. The summed E-state index contributed by atoms with van der Waals surface area (Å²) in [6, 6.07) is 0. The molecule has 0 N–H and O–H groups in total. The van der Waals surface area contributed by atoms with Crippen LogP contribution in [0.25, 0.3) is 0 Å². The molecule has 1 fully saturated rings. The maximum absolute atomic E-state index is 5.23. The third kappa shape index (κ3) is 6.01. The van der Waals surface area contributed by atoms with Crippen molar-refractivity contribution < 1.29 is 26.5 Å². The maximum Gasteiger partial charge on any atom is 2.00 e. The number of ether oxygens (including phenoxy) is 2. The van der Waals surface area contributed by atoms with Crippen LogP contribution in [0.15, 0.2) is 0 Å². The van der Waals surface area contributed by atoms with Gasteiger partial charge in [0.15, 0.2) is 6.29 Å². The first-order valence-electron chi connectivity index (χ1n) is 3.48. The summed E-state index contributed by atoms with van der Waals surface area (Å²) in [4.78, 5) is 0. The average molecular weight is 243 g/mol. The van der Waals surface area contributed by atoms with Crippen molar-refractivity contribution in [2.45, 2.75) is 25.6 Å². The van der Waals surface area contributed by atoms with Crippen molar-refractivity contribution in [2.24, 2.45) is 0 Å². The Balaban J connectivity index is 0. The third-order valence-corrected chi connectivity index (χ3v) is 1.40. The van der Waals surface area contributed by atoms with E-state index in [9.17, 15) is 0 Å². The van der Waals surface area contributed by atoms with Gasteiger partial charge >= 0.3 is 23.1 Å². The maximum atomic E-state index is 5.23. The van der Waals surface area contributed by atoms with Crippen molar-refractivity contribution in [3.05, 3.63) is 6.92 Å². The molecule has 1 aliphatic heterocycles. The molecule has 1 unspecified atom stereocenters. The van der Waals surface area contributed by atoms with Crippen LogP contribution in [0.2, 0.25) is 0 Å². The Morgan fingerprint density at radius 2 is 2.17 bits per heavy atom. The molecule has 0 aromatic carbocycles. The fraction of sp³-hybridized carbons (Fsp3) is 0.625. The molecule has 4 heteroatoms. The number of rotatable bonds is 1. The van der Waals surface area contributed by atoms with E-state index in [4.69, 9.17) is 9.47 Å². The van der Waals surface area contributed by atoms with Crippen LogP contribution in [0.1, 0.15) is 19.3 Å². The topological polar surface area (TPSA) is 18.5 Å². The standard InChI is InChI=1S/C8H11O2.BrH.Mg/c1-2-6-9-8-5-3-4-7-10-8;;/h8H,1,3-5,7H2;1H;/q-1;;+2/p-1. The second kappa shape index (κ2) is 9.52. The van der Waals surface area contributed by atoms with E-state index in [0.717, 1.165) is 19.4 Å². The molecule has 0 aromatic heterocycles. The molecular weight excluding hydrogens is 232 g/mol. The molecule has 1 heterocycles. The molecule has 1 rings (SSSR count). The summed E-state index contributed by atoms with van der Waals surface area (Å²) in [5.41, 5.74) is 0. The van der Waals surface area contributed by atoms with Gasteiger partial charge in [-0.1, -0.05) is 0 Å². The Morgan fingerprint density at radius 1 is 1.42 bits per heavy atom. The molecule has 0 spiro atoms. The first kappa shape index (κ1) is 14.9. The molecule has 2 nitrogen and oxygen atoms in total. The van der Waals surface area contributed by atoms with Gasteiger partial charge in [0.2, 0.25) is 0 Å². The molecule has 0 aromatic rings. The summed E-state index contributed by atoms with van der Waals surface area (Å²) in [6.07, 6.45) is 5.58. The van der Waals surface area contributed by atoms with Gasteiger partial charge in [-0.25, -0.2) is 0 Å². The van der Waals surface area contributed by atoms with Crippen molar-refractivity contribution in [1.82, 2.24) is 0 Å². The van der Waals surface area contributed by atoms with E-state index in [0.29, 0.717) is 0 Å². The second-order valence-corrected chi connectivity index (χ2v) is 2.19. The summed E-state index contributed by atoms with van der Waals surface area (Å²) >= 11 is 0. The molecule has 0 amide bonds. The first-order valence-corrected chi connectivity index (χ1v) is 3.48. The van der Waals surface area contributed by atoms with Crippen molar-refractivity contribution in [2.75, 3.05) is 6.61 Å². The fourth-order valence-corrected chi connectivity index (χ4v) is 0.912. The van der Waals surface area contributed by atoms with Crippen LogP contribution in [0, 0.1) is 19.0 Å². The van der Waals surface area contributed by atoms with E-state index in [2.05, 4.69) is 19.0 Å². The fourth-order valence-electron chi connectivity index (χ4n) is 0.912. The summed E-state index contributed by atoms with van der Waals surface area (Å²) in [5, 5.41) is 0. The Bertz CT molecular complexity index is 147. The van der Waals surface area contributed by atoms with Crippen LogP contribution in [-0.2, 0) is 9.47 Å². The third-order valence-electron chi connectivity index (χ3n) is 1.40. The van der Waals surface area contributed by atoms with Crippen molar-refractivity contribution in [1.29, 1.82) is 0 Å². The first-order chi connectivity index (χ1) is 4.93. The molecule has 12 heavy (non-hydrogen) atoms. The van der Waals surface area contributed by atoms with Crippen LogP contribution in [0.4, 0.5) is 0 Å². The molecular formula is C8H11BrMgO2. The van der Waals surface area contributed by atoms with Gasteiger partial charge in [-0.2, -0.15) is 6.92 Å². The quantitative estimate of drug-likeness (QED) is 0.300. The minimum absolute atomic E-state index is 0. The molecule has 0 radical (unpaired) electrons. The minimum Gasteiger partial charge on any atom is -1.00 e. The van der Waals surface area contributed by atoms with Gasteiger partial charge < -0.3 is 26.5 Å². The molecule has 0 saturated carbocycles. The molecule has 1 aliphatic rings. The number of hydrogen-bond donors (Lipinski definition) is 0. The van der Waals surface area contributed by atoms with E-state index in [1.165, 1.54) is 6.42 Å². The van der Waals surface area contributed by atoms with E-state index in [1.54, 1.807) is 0 Å². The monoisotopic (exact) mass is 242 g/mol. The van der Waals surface area contributed by atoms with E-state index >= 15 is 0 Å². The smallest absolute Gasteiger partial charge is 1.00 e. The van der Waals surface area contributed by atoms with Crippen molar-refractivity contribution in [3.63, 3.8) is 0 Å². The Labute approximate surface area is 100 Å². The van der Waals surface area contributed by atoms with Gasteiger partial charge in [0.25, 0.3) is 0 Å². The predicted molar refractivity (Wildman–Crippen MR) is 43.6 cm³/mol. The zero-order valence-corrected chi connectivity index (χ0v) is 10.0. The average Bonchev–Trinajstić information content (AvgIpc) is 2.03. The van der Waals surface area contributed by atoms with Gasteiger partial charge in [-0.3, -0.25) is 5.92 Å². The van der Waals surface area contributed by atoms with Gasteiger partial charge in [-0.15, -0.1) is 6.11 Å². The Morgan fingerprint density at radius 3 is 2.67 bits per heavy atom. The SMILES string of the molecule is [Br-].[CH2-]C#COC1CCCCO1.[Mg+2]. The summed E-state index contributed by atoms with van der Waals surface area (Å²) in [5.74, 6) is 2.41. The van der Waals surface area contributed by atoms with Crippen LogP contribution in [0.3, 0.4) is 0 Å². The van der Waals surface area contributed by atoms with Crippen LogP contribution < -0.4 is 17.0 Å². The van der Waals surface area contributed by atoms with Gasteiger partial charge in [0, 0.05) is 6.42 Å². The molecule has 64 valence electrons. The minimum atomic E-state index is -0.108. The number of halogens is 1. The van der Waals surface area contributed by atoms with Gasteiger partial charge in [0.05, 0.1) is 6.61 Å². The molecule has 1 atom stereocenters. The Kier molecular flexibility index (Phi) is 11.9. The largest absolute Gasteiger partial charge is 2.00 e. The van der Waals surface area contributed by atoms with E-state index in [1.807, 2.05) is 0 Å². The van der Waals surface area contributed by atoms with Crippen LogP contribution in [-0.4, -0.2) is 35.9 Å². The summed E-state index contributed by atoms with van der Waals surface area (Å²) < 4.78 is 10.2. The predicted octanol–water partition coefficient (Wildman–Crippen LogP) is -2.05. The summed E-state index contributed by atoms with van der Waals surface area (Å²) in [6.45, 7) is 4.12. The number of hydrogen-bond acceptors (Lipinski definition) is 2.